The summed E-state index contributed by atoms with van der Waals surface area (Å²) in [5, 5.41) is 0.625. The van der Waals surface area contributed by atoms with Crippen LogP contribution in [-0.4, -0.2) is 9.38 Å². The molecule has 0 N–H and O–H groups in total. The van der Waals surface area contributed by atoms with Crippen molar-refractivity contribution in [1.29, 1.82) is 0 Å². The van der Waals surface area contributed by atoms with Gasteiger partial charge in [0.1, 0.15) is 0 Å². The maximum atomic E-state index is 6.38. The molecule has 2 nitrogen and oxygen atoms in total. The molecule has 0 aliphatic carbocycles. The number of pyridine rings is 1. The summed E-state index contributed by atoms with van der Waals surface area (Å²) in [7, 11) is 0. The third-order valence-electron chi connectivity index (χ3n) is 4.46. The maximum absolute atomic E-state index is 6.38. The number of benzene rings is 2. The van der Waals surface area contributed by atoms with E-state index in [4.69, 9.17) is 16.6 Å². The summed E-state index contributed by atoms with van der Waals surface area (Å²) in [6.07, 6.45) is 5.79. The molecule has 4 rings (SSSR count). The van der Waals surface area contributed by atoms with Gasteiger partial charge in [0.2, 0.25) is 0 Å². The molecule has 0 aliphatic heterocycles. The Balaban J connectivity index is 1.89. The number of aromatic nitrogens is 2. The number of rotatable bonds is 3. The van der Waals surface area contributed by atoms with Crippen molar-refractivity contribution in [3.8, 4) is 22.4 Å². The third kappa shape index (κ3) is 2.75. The molecule has 2 aromatic heterocycles. The first kappa shape index (κ1) is 15.7. The van der Waals surface area contributed by atoms with Crippen LogP contribution in [0, 0.1) is 6.92 Å². The Morgan fingerprint density at radius 3 is 2.52 bits per heavy atom. The summed E-state index contributed by atoms with van der Waals surface area (Å²) >= 11 is 6.38. The molecule has 0 unspecified atom stereocenters. The van der Waals surface area contributed by atoms with E-state index in [0.29, 0.717) is 5.02 Å². The van der Waals surface area contributed by atoms with E-state index >= 15 is 0 Å². The van der Waals surface area contributed by atoms with Crippen LogP contribution in [0.3, 0.4) is 0 Å². The van der Waals surface area contributed by atoms with Gasteiger partial charge in [-0.05, 0) is 35.2 Å². The number of hydrogen-bond donors (Lipinski definition) is 0. The molecule has 0 spiro atoms. The van der Waals surface area contributed by atoms with Gasteiger partial charge in [-0.3, -0.25) is 0 Å². The van der Waals surface area contributed by atoms with Gasteiger partial charge in [-0.15, -0.1) is 0 Å². The second-order valence-corrected chi connectivity index (χ2v) is 6.43. The van der Waals surface area contributed by atoms with Gasteiger partial charge in [-0.25, -0.2) is 4.98 Å². The monoisotopic (exact) mass is 344 g/mol. The van der Waals surface area contributed by atoms with E-state index in [9.17, 15) is 0 Å². The Bertz CT molecular complexity index is 1080. The Morgan fingerprint density at radius 1 is 1.00 bits per heavy atom. The van der Waals surface area contributed by atoms with Crippen LogP contribution in [0.5, 0.6) is 0 Å². The molecule has 2 aromatic carbocycles. The summed E-state index contributed by atoms with van der Waals surface area (Å²) in [4.78, 5) is 4.75. The van der Waals surface area contributed by atoms with E-state index in [1.54, 1.807) is 6.08 Å². The van der Waals surface area contributed by atoms with Gasteiger partial charge in [0.05, 0.1) is 10.7 Å². The zero-order valence-corrected chi connectivity index (χ0v) is 14.7. The second kappa shape index (κ2) is 6.23. The third-order valence-corrected chi connectivity index (χ3v) is 4.74. The zero-order chi connectivity index (χ0) is 17.4. The van der Waals surface area contributed by atoms with Gasteiger partial charge in [0, 0.05) is 18.0 Å². The van der Waals surface area contributed by atoms with Crippen LogP contribution < -0.4 is 0 Å². The van der Waals surface area contributed by atoms with Gasteiger partial charge in [-0.2, -0.15) is 0 Å². The lowest BCUT2D eigenvalue weighted by atomic mass is 9.95. The molecule has 4 aromatic rings. The van der Waals surface area contributed by atoms with E-state index in [0.717, 1.165) is 22.5 Å². The largest absolute Gasteiger partial charge is 0.305 e. The highest BCUT2D eigenvalue weighted by Gasteiger charge is 2.12. The Morgan fingerprint density at radius 2 is 1.76 bits per heavy atom. The quantitative estimate of drug-likeness (QED) is 0.428. The molecule has 0 saturated carbocycles. The topological polar surface area (TPSA) is 17.3 Å². The molecule has 2 heterocycles. The standard InChI is InChI=1S/C22H17ClN2/c1-3-16-12-20(23)22-24-21(14-25(22)13-16)19-11-7-10-18(15(19)2)17-8-5-4-6-9-17/h3-14H,1H2,2H3. The molecule has 0 amide bonds. The molecule has 3 heteroatoms. The summed E-state index contributed by atoms with van der Waals surface area (Å²) < 4.78 is 1.96. The highest BCUT2D eigenvalue weighted by Crippen LogP contribution is 2.32. The summed E-state index contributed by atoms with van der Waals surface area (Å²) in [5.74, 6) is 0. The van der Waals surface area contributed by atoms with Crippen LogP contribution in [0.2, 0.25) is 5.02 Å². The maximum Gasteiger partial charge on any atom is 0.156 e. The molecule has 0 atom stereocenters. The van der Waals surface area contributed by atoms with Crippen LogP contribution in [-0.2, 0) is 0 Å². The van der Waals surface area contributed by atoms with Crippen LogP contribution in [0.25, 0.3) is 34.1 Å². The van der Waals surface area contributed by atoms with Crippen LogP contribution >= 0.6 is 11.6 Å². The minimum atomic E-state index is 0.625. The van der Waals surface area contributed by atoms with Crippen LogP contribution in [0.4, 0.5) is 0 Å². The number of fused-ring (bicyclic) bond motifs is 1. The molecular weight excluding hydrogens is 328 g/mol. The van der Waals surface area contributed by atoms with Crippen molar-refractivity contribution in [3.05, 3.63) is 89.7 Å². The summed E-state index contributed by atoms with van der Waals surface area (Å²) in [6.45, 7) is 5.95. The smallest absolute Gasteiger partial charge is 0.156 e. The fourth-order valence-electron chi connectivity index (χ4n) is 3.16. The zero-order valence-electron chi connectivity index (χ0n) is 13.9. The lowest BCUT2D eigenvalue weighted by Gasteiger charge is -2.10. The first-order chi connectivity index (χ1) is 12.2. The van der Waals surface area contributed by atoms with Crippen molar-refractivity contribution in [2.24, 2.45) is 0 Å². The van der Waals surface area contributed by atoms with Crippen molar-refractivity contribution in [2.75, 3.05) is 0 Å². The van der Waals surface area contributed by atoms with Crippen LogP contribution in [0.1, 0.15) is 11.1 Å². The van der Waals surface area contributed by atoms with E-state index in [-0.39, 0.29) is 0 Å². The Hall–Kier alpha value is -2.84. The number of halogens is 1. The van der Waals surface area contributed by atoms with Crippen molar-refractivity contribution < 1.29 is 0 Å². The first-order valence-corrected chi connectivity index (χ1v) is 8.51. The first-order valence-electron chi connectivity index (χ1n) is 8.13. The normalized spacial score (nSPS) is 11.0. The summed E-state index contributed by atoms with van der Waals surface area (Å²) in [6, 6.07) is 18.6. The molecular formula is C22H17ClN2. The fourth-order valence-corrected chi connectivity index (χ4v) is 3.43. The lowest BCUT2D eigenvalue weighted by molar-refractivity contribution is 1.18. The molecule has 25 heavy (non-hydrogen) atoms. The fraction of sp³-hybridized carbons (Fsp3) is 0.0455. The van der Waals surface area contributed by atoms with E-state index in [1.807, 2.05) is 28.9 Å². The Kier molecular flexibility index (Phi) is 3.90. The van der Waals surface area contributed by atoms with Crippen molar-refractivity contribution in [2.45, 2.75) is 6.92 Å². The van der Waals surface area contributed by atoms with Gasteiger partial charge in [0.25, 0.3) is 0 Å². The van der Waals surface area contributed by atoms with E-state index < -0.39 is 0 Å². The lowest BCUT2D eigenvalue weighted by Crippen LogP contribution is -1.88. The minimum absolute atomic E-state index is 0.625. The van der Waals surface area contributed by atoms with Gasteiger partial charge in [-0.1, -0.05) is 72.8 Å². The highest BCUT2D eigenvalue weighted by molar-refractivity contribution is 6.33. The molecule has 122 valence electrons. The highest BCUT2D eigenvalue weighted by atomic mass is 35.5. The molecule has 0 aliphatic rings. The van der Waals surface area contributed by atoms with Crippen LogP contribution in [0.15, 0.2) is 73.6 Å². The predicted molar refractivity (Wildman–Crippen MR) is 106 cm³/mol. The van der Waals surface area contributed by atoms with Crippen molar-refractivity contribution in [1.82, 2.24) is 9.38 Å². The average molecular weight is 345 g/mol. The van der Waals surface area contributed by atoms with Gasteiger partial charge < -0.3 is 4.40 Å². The van der Waals surface area contributed by atoms with Crippen molar-refractivity contribution in [3.63, 3.8) is 0 Å². The minimum Gasteiger partial charge on any atom is -0.305 e. The summed E-state index contributed by atoms with van der Waals surface area (Å²) in [5.41, 5.74) is 7.38. The SMILES string of the molecule is C=Cc1cc(Cl)c2nc(-c3cccc(-c4ccccc4)c3C)cn2c1. The molecule has 0 radical (unpaired) electrons. The molecule has 0 bridgehead atoms. The predicted octanol–water partition coefficient (Wildman–Crippen LogP) is 6.27. The second-order valence-electron chi connectivity index (χ2n) is 6.03. The number of imidazole rings is 1. The average Bonchev–Trinajstić information content (AvgIpc) is 3.07. The van der Waals surface area contributed by atoms with Crippen molar-refractivity contribution >= 4 is 23.3 Å². The van der Waals surface area contributed by atoms with E-state index in [2.05, 4.69) is 56.0 Å². The number of nitrogens with zero attached hydrogens (tertiary/aromatic N) is 2. The van der Waals surface area contributed by atoms with Gasteiger partial charge >= 0.3 is 0 Å². The molecule has 0 saturated heterocycles. The molecule has 0 fully saturated rings. The van der Waals surface area contributed by atoms with Gasteiger partial charge in [0.15, 0.2) is 5.65 Å². The Labute approximate surface area is 152 Å². The van der Waals surface area contributed by atoms with E-state index in [1.165, 1.54) is 16.7 Å². The number of hydrogen-bond acceptors (Lipinski definition) is 1.